The van der Waals surface area contributed by atoms with Crippen LogP contribution in [0.3, 0.4) is 0 Å². The lowest BCUT2D eigenvalue weighted by Crippen LogP contribution is -2.59. The van der Waals surface area contributed by atoms with Crippen LogP contribution in [0.25, 0.3) is 0 Å². The summed E-state index contributed by atoms with van der Waals surface area (Å²) in [6.07, 6.45) is 1.53. The molecule has 1 aliphatic heterocycles. The molecule has 1 heterocycles. The van der Waals surface area contributed by atoms with E-state index in [-0.39, 0.29) is 30.8 Å². The molecule has 1 atom stereocenters. The lowest BCUT2D eigenvalue weighted by atomic mass is 9.95. The van der Waals surface area contributed by atoms with Crippen molar-refractivity contribution in [3.05, 3.63) is 29.3 Å². The van der Waals surface area contributed by atoms with Gasteiger partial charge in [-0.1, -0.05) is 19.4 Å². The molecule has 0 saturated carbocycles. The van der Waals surface area contributed by atoms with E-state index < -0.39 is 5.54 Å². The largest absolute Gasteiger partial charge is 0.484 e. The van der Waals surface area contributed by atoms with Crippen LogP contribution in [-0.4, -0.2) is 59.9 Å². The average Bonchev–Trinajstić information content (AvgIpc) is 2.58. The summed E-state index contributed by atoms with van der Waals surface area (Å²) in [6.45, 7) is 9.89. The maximum atomic E-state index is 12.5. The minimum Gasteiger partial charge on any atom is -0.484 e. The summed E-state index contributed by atoms with van der Waals surface area (Å²) < 4.78 is 5.65. The quantitative estimate of drug-likeness (QED) is 0.799. The monoisotopic (exact) mass is 397 g/mol. The molecule has 1 aliphatic rings. The first-order valence-corrected chi connectivity index (χ1v) is 9.30. The first-order valence-electron chi connectivity index (χ1n) is 9.30. The molecule has 1 aromatic rings. The summed E-state index contributed by atoms with van der Waals surface area (Å²) in [4.78, 5) is 28.4. The van der Waals surface area contributed by atoms with Crippen molar-refractivity contribution in [3.63, 3.8) is 0 Å². The van der Waals surface area contributed by atoms with Gasteiger partial charge in [-0.25, -0.2) is 0 Å². The van der Waals surface area contributed by atoms with E-state index in [1.54, 1.807) is 16.7 Å². The summed E-state index contributed by atoms with van der Waals surface area (Å²) in [7, 11) is 0. The van der Waals surface area contributed by atoms with Gasteiger partial charge in [-0.2, -0.15) is 0 Å². The normalized spacial score (nSPS) is 16.3. The number of hydrogen-bond acceptors (Lipinski definition) is 4. The number of carbonyl (C=O) groups is 2. The van der Waals surface area contributed by atoms with Gasteiger partial charge in [0.2, 0.25) is 5.91 Å². The Morgan fingerprint density at radius 3 is 2.11 bits per heavy atom. The molecule has 2 N–H and O–H groups in total. The second-order valence-corrected chi connectivity index (χ2v) is 7.45. The summed E-state index contributed by atoms with van der Waals surface area (Å²) >= 11 is 0. The van der Waals surface area contributed by atoms with Gasteiger partial charge in [-0.05, 0) is 50.5 Å². The topological polar surface area (TPSA) is 75.9 Å². The third-order valence-electron chi connectivity index (χ3n) is 4.74. The van der Waals surface area contributed by atoms with Crippen molar-refractivity contribution in [2.75, 3.05) is 32.8 Å². The Labute approximate surface area is 168 Å². The number of carbonyl (C=O) groups excluding carboxylic acids is 2. The van der Waals surface area contributed by atoms with E-state index in [9.17, 15) is 9.59 Å². The van der Waals surface area contributed by atoms with E-state index in [4.69, 9.17) is 10.5 Å². The molecule has 0 bridgehead atoms. The van der Waals surface area contributed by atoms with Crippen LogP contribution in [0, 0.1) is 13.8 Å². The van der Waals surface area contributed by atoms with E-state index in [1.807, 2.05) is 32.9 Å². The van der Waals surface area contributed by atoms with Crippen molar-refractivity contribution in [2.45, 2.75) is 46.1 Å². The SMILES string of the molecule is CCCC(C)(N)C(=O)N1CCN(C(=O)COc2cc(C)cc(C)c2)CC1.Cl. The summed E-state index contributed by atoms with van der Waals surface area (Å²) in [5.41, 5.74) is 7.53. The maximum Gasteiger partial charge on any atom is 0.260 e. The van der Waals surface area contributed by atoms with E-state index in [2.05, 4.69) is 6.07 Å². The van der Waals surface area contributed by atoms with E-state index in [0.717, 1.165) is 17.5 Å². The second-order valence-electron chi connectivity index (χ2n) is 7.45. The van der Waals surface area contributed by atoms with Crippen molar-refractivity contribution >= 4 is 24.2 Å². The minimum absolute atomic E-state index is 0. The molecule has 0 aliphatic carbocycles. The highest BCUT2D eigenvalue weighted by atomic mass is 35.5. The fourth-order valence-corrected chi connectivity index (χ4v) is 3.40. The minimum atomic E-state index is -0.826. The highest BCUT2D eigenvalue weighted by molar-refractivity contribution is 5.86. The number of nitrogens with two attached hydrogens (primary N) is 1. The molecule has 0 aromatic heterocycles. The summed E-state index contributed by atoms with van der Waals surface area (Å²) in [5.74, 6) is 0.626. The highest BCUT2D eigenvalue weighted by Crippen LogP contribution is 2.17. The molecule has 27 heavy (non-hydrogen) atoms. The van der Waals surface area contributed by atoms with Crippen LogP contribution in [0.2, 0.25) is 0 Å². The molecule has 2 rings (SSSR count). The van der Waals surface area contributed by atoms with Gasteiger partial charge in [-0.3, -0.25) is 9.59 Å². The first kappa shape index (κ1) is 23.2. The molecule has 7 heteroatoms. The zero-order valence-corrected chi connectivity index (χ0v) is 17.6. The molecule has 2 amide bonds. The lowest BCUT2D eigenvalue weighted by Gasteiger charge is -2.38. The van der Waals surface area contributed by atoms with Gasteiger partial charge in [0.15, 0.2) is 6.61 Å². The number of aryl methyl sites for hydroxylation is 2. The molecular formula is C20H32ClN3O3. The predicted molar refractivity (Wildman–Crippen MR) is 109 cm³/mol. The Morgan fingerprint density at radius 1 is 1.07 bits per heavy atom. The second kappa shape index (κ2) is 9.95. The number of piperazine rings is 1. The Bertz CT molecular complexity index is 636. The molecule has 0 radical (unpaired) electrons. The van der Waals surface area contributed by atoms with E-state index >= 15 is 0 Å². The molecule has 152 valence electrons. The molecule has 1 aromatic carbocycles. The fraction of sp³-hybridized carbons (Fsp3) is 0.600. The third-order valence-corrected chi connectivity index (χ3v) is 4.74. The Kier molecular flexibility index (Phi) is 8.57. The van der Waals surface area contributed by atoms with Crippen LogP contribution < -0.4 is 10.5 Å². The van der Waals surface area contributed by atoms with Gasteiger partial charge in [0.1, 0.15) is 5.75 Å². The van der Waals surface area contributed by atoms with Crippen molar-refractivity contribution in [2.24, 2.45) is 5.73 Å². The van der Waals surface area contributed by atoms with Gasteiger partial charge in [-0.15, -0.1) is 12.4 Å². The van der Waals surface area contributed by atoms with Crippen molar-refractivity contribution in [1.82, 2.24) is 9.80 Å². The van der Waals surface area contributed by atoms with Crippen LogP contribution in [0.4, 0.5) is 0 Å². The number of amides is 2. The average molecular weight is 398 g/mol. The van der Waals surface area contributed by atoms with Gasteiger partial charge in [0.25, 0.3) is 5.91 Å². The van der Waals surface area contributed by atoms with Crippen molar-refractivity contribution in [1.29, 1.82) is 0 Å². The number of hydrogen-bond donors (Lipinski definition) is 1. The Balaban J connectivity index is 0.00000364. The Morgan fingerprint density at radius 2 is 1.59 bits per heavy atom. The van der Waals surface area contributed by atoms with Gasteiger partial charge >= 0.3 is 0 Å². The maximum absolute atomic E-state index is 12.5. The number of halogens is 1. The zero-order chi connectivity index (χ0) is 19.3. The lowest BCUT2D eigenvalue weighted by molar-refractivity contribution is -0.143. The molecule has 1 unspecified atom stereocenters. The van der Waals surface area contributed by atoms with Crippen LogP contribution >= 0.6 is 12.4 Å². The van der Waals surface area contributed by atoms with E-state index in [1.165, 1.54) is 0 Å². The van der Waals surface area contributed by atoms with E-state index in [0.29, 0.717) is 38.3 Å². The van der Waals surface area contributed by atoms with Gasteiger partial charge in [0, 0.05) is 26.2 Å². The molecule has 6 nitrogen and oxygen atoms in total. The third kappa shape index (κ3) is 6.40. The summed E-state index contributed by atoms with van der Waals surface area (Å²) in [6, 6.07) is 5.91. The number of benzene rings is 1. The fourth-order valence-electron chi connectivity index (χ4n) is 3.40. The van der Waals surface area contributed by atoms with Crippen LogP contribution in [0.1, 0.15) is 37.8 Å². The molecule has 0 spiro atoms. The van der Waals surface area contributed by atoms with Gasteiger partial charge in [0.05, 0.1) is 5.54 Å². The van der Waals surface area contributed by atoms with Gasteiger partial charge < -0.3 is 20.3 Å². The smallest absolute Gasteiger partial charge is 0.260 e. The predicted octanol–water partition coefficient (Wildman–Crippen LogP) is 2.29. The first-order chi connectivity index (χ1) is 12.2. The molecule has 1 fully saturated rings. The number of rotatable bonds is 6. The highest BCUT2D eigenvalue weighted by Gasteiger charge is 2.34. The molecular weight excluding hydrogens is 366 g/mol. The zero-order valence-electron chi connectivity index (χ0n) is 16.8. The number of ether oxygens (including phenoxy) is 1. The van der Waals surface area contributed by atoms with Crippen LogP contribution in [0.5, 0.6) is 5.75 Å². The molecule has 1 saturated heterocycles. The number of nitrogens with zero attached hydrogens (tertiary/aromatic N) is 2. The van der Waals surface area contributed by atoms with Crippen molar-refractivity contribution < 1.29 is 14.3 Å². The summed E-state index contributed by atoms with van der Waals surface area (Å²) in [5, 5.41) is 0. The Hall–Kier alpha value is -1.79. The standard InChI is InChI=1S/C20H31N3O3.ClH/c1-5-6-20(4,21)19(25)23-9-7-22(8-10-23)18(24)14-26-17-12-15(2)11-16(3)13-17;/h11-13H,5-10,14,21H2,1-4H3;1H. The van der Waals surface area contributed by atoms with Crippen molar-refractivity contribution in [3.8, 4) is 5.75 Å². The van der Waals surface area contributed by atoms with Crippen LogP contribution in [0.15, 0.2) is 18.2 Å². The van der Waals surface area contributed by atoms with Crippen LogP contribution in [-0.2, 0) is 9.59 Å².